The molecular weight excluding hydrogens is 434 g/mol. The molecule has 0 aromatic heterocycles. The van der Waals surface area contributed by atoms with Crippen LogP contribution in [0.2, 0.25) is 0 Å². The smallest absolute Gasteiger partial charge is 0.0121 e. The Morgan fingerprint density at radius 1 is 0.720 bits per heavy atom. The van der Waals surface area contributed by atoms with E-state index in [0.29, 0.717) is 0 Å². The van der Waals surface area contributed by atoms with Crippen molar-refractivity contribution < 1.29 is 0 Å². The Kier molecular flexibility index (Phi) is 20.4. The molecule has 0 fully saturated rings. The average molecular weight is 468 g/mol. The van der Waals surface area contributed by atoms with Crippen LogP contribution in [-0.2, 0) is 0 Å². The topological polar surface area (TPSA) is 0 Å². The van der Waals surface area contributed by atoms with Gasteiger partial charge in [0, 0.05) is 0 Å². The third kappa shape index (κ3) is 9.97. The lowest BCUT2D eigenvalue weighted by Gasteiger charge is -2.20. The molecule has 0 aliphatic carbocycles. The van der Waals surface area contributed by atoms with Gasteiger partial charge in [-0.05, 0) is 42.6 Å². The molecule has 138 valence electrons. The molecule has 2 aromatic rings. The zero-order valence-electron chi connectivity index (χ0n) is 16.8. The highest BCUT2D eigenvalue weighted by Crippen LogP contribution is 2.43. The van der Waals surface area contributed by atoms with E-state index in [1.54, 1.807) is 0 Å². The lowest BCUT2D eigenvalue weighted by molar-refractivity contribution is 1.50. The van der Waals surface area contributed by atoms with Crippen molar-refractivity contribution in [3.05, 3.63) is 84.2 Å². The molecule has 0 nitrogen and oxygen atoms in total. The molecule has 0 atom stereocenters. The fourth-order valence-electron chi connectivity index (χ4n) is 2.07. The molecule has 0 heterocycles. The second-order valence-electron chi connectivity index (χ2n) is 4.22. The van der Waals surface area contributed by atoms with Gasteiger partial charge in [0.15, 0.2) is 0 Å². The van der Waals surface area contributed by atoms with Gasteiger partial charge < -0.3 is 0 Å². The Labute approximate surface area is 171 Å². The van der Waals surface area contributed by atoms with E-state index < -0.39 is 7.92 Å². The van der Waals surface area contributed by atoms with Crippen LogP contribution in [0.15, 0.2) is 84.2 Å². The summed E-state index contributed by atoms with van der Waals surface area (Å²) in [6.45, 7) is 12.2. The minimum absolute atomic E-state index is 0.446. The molecule has 0 spiro atoms. The van der Waals surface area contributed by atoms with Crippen molar-refractivity contribution >= 4 is 41.1 Å². The minimum atomic E-state index is -0.446. The van der Waals surface area contributed by atoms with Crippen LogP contribution >= 0.6 is 30.5 Å². The number of alkyl halides is 1. The van der Waals surface area contributed by atoms with Crippen molar-refractivity contribution in [2.45, 2.75) is 41.5 Å². The Bertz CT molecular complexity index is 520. The van der Waals surface area contributed by atoms with Crippen LogP contribution in [0.1, 0.15) is 41.5 Å². The van der Waals surface area contributed by atoms with Crippen LogP contribution in [0.4, 0.5) is 0 Å². The molecule has 0 saturated heterocycles. The first-order chi connectivity index (χ1) is 12.4. The lowest BCUT2D eigenvalue weighted by Crippen LogP contribution is -2.12. The second-order valence-corrected chi connectivity index (χ2v) is 6.44. The fourth-order valence-corrected chi connectivity index (χ4v) is 4.46. The third-order valence-electron chi connectivity index (χ3n) is 2.92. The first-order valence-electron chi connectivity index (χ1n) is 8.94. The van der Waals surface area contributed by atoms with E-state index in [1.165, 1.54) is 15.9 Å². The maximum absolute atomic E-state index is 2.23. The first-order valence-corrected chi connectivity index (χ1v) is 12.4. The van der Waals surface area contributed by atoms with Gasteiger partial charge >= 0.3 is 0 Å². The Hall–Kier alpha value is -0.920. The molecule has 0 saturated carbocycles. The minimum Gasteiger partial charge on any atom is -0.0901 e. The van der Waals surface area contributed by atoms with E-state index in [2.05, 4.69) is 115 Å². The normalized spacial score (nSPS) is 10.0. The molecular formula is C23H34IP. The van der Waals surface area contributed by atoms with Crippen molar-refractivity contribution in [2.75, 3.05) is 4.93 Å². The lowest BCUT2D eigenvalue weighted by atomic mass is 10.4. The number of benzene rings is 2. The highest BCUT2D eigenvalue weighted by molar-refractivity contribution is 14.1. The van der Waals surface area contributed by atoms with E-state index in [0.717, 1.165) is 0 Å². The molecule has 0 aliphatic rings. The monoisotopic (exact) mass is 468 g/mol. The maximum Gasteiger partial charge on any atom is -0.0121 e. The molecule has 0 radical (unpaired) electrons. The van der Waals surface area contributed by atoms with Crippen molar-refractivity contribution in [1.29, 1.82) is 0 Å². The first kappa shape index (κ1) is 26.3. The van der Waals surface area contributed by atoms with E-state index in [1.807, 2.05) is 32.6 Å². The summed E-state index contributed by atoms with van der Waals surface area (Å²) in [6, 6.07) is 21.6. The number of halogens is 1. The van der Waals surface area contributed by atoms with Gasteiger partial charge in [0.1, 0.15) is 0 Å². The maximum atomic E-state index is 2.23. The van der Waals surface area contributed by atoms with Crippen LogP contribution < -0.4 is 10.6 Å². The summed E-state index contributed by atoms with van der Waals surface area (Å²) in [5.41, 5.74) is 0. The average Bonchev–Trinajstić information content (AvgIpc) is 2.73. The van der Waals surface area contributed by atoms with Gasteiger partial charge in [-0.1, -0.05) is 129 Å². The van der Waals surface area contributed by atoms with Crippen LogP contribution in [0.3, 0.4) is 0 Å². The van der Waals surface area contributed by atoms with Crippen molar-refractivity contribution in [1.82, 2.24) is 0 Å². The van der Waals surface area contributed by atoms with Gasteiger partial charge in [0.2, 0.25) is 0 Å². The van der Waals surface area contributed by atoms with Gasteiger partial charge in [-0.15, -0.1) is 0 Å². The third-order valence-corrected chi connectivity index (χ3v) is 5.47. The predicted octanol–water partition coefficient (Wildman–Crippen LogP) is 7.70. The van der Waals surface area contributed by atoms with Crippen LogP contribution in [-0.4, -0.2) is 4.93 Å². The molecule has 25 heavy (non-hydrogen) atoms. The van der Waals surface area contributed by atoms with E-state index >= 15 is 0 Å². The van der Waals surface area contributed by atoms with E-state index in [9.17, 15) is 0 Å². The Morgan fingerprint density at radius 3 is 1.36 bits per heavy atom. The zero-order chi connectivity index (χ0) is 19.5. The Morgan fingerprint density at radius 2 is 1.08 bits per heavy atom. The number of allylic oxidation sites excluding steroid dienone is 4. The van der Waals surface area contributed by atoms with Crippen molar-refractivity contribution in [3.63, 3.8) is 0 Å². The van der Waals surface area contributed by atoms with Crippen LogP contribution in [0.5, 0.6) is 0 Å². The molecule has 2 rings (SSSR count). The van der Waals surface area contributed by atoms with Crippen LogP contribution in [0.25, 0.3) is 0 Å². The van der Waals surface area contributed by atoms with E-state index in [-0.39, 0.29) is 0 Å². The fraction of sp³-hybridized carbons (Fsp3) is 0.304. The van der Waals surface area contributed by atoms with Gasteiger partial charge in [-0.2, -0.15) is 0 Å². The molecule has 0 aliphatic heterocycles. The summed E-state index contributed by atoms with van der Waals surface area (Å²) < 4.78 is 0. The van der Waals surface area contributed by atoms with Gasteiger partial charge in [-0.3, -0.25) is 0 Å². The number of hydrogen-bond acceptors (Lipinski definition) is 0. The molecule has 0 unspecified atom stereocenters. The standard InChI is InChI=1S/C18H19P.2C2H6.CH3I/c1-3-11-16(4-2)19(17-12-7-5-8-13-17)18-14-9-6-10-15-18;3*1-2/h3-15H,1-2H3;2*1-2H3;1H3/b11-3-,16-4+;;;. The number of rotatable bonds is 4. The highest BCUT2D eigenvalue weighted by atomic mass is 127. The Balaban J connectivity index is 0. The van der Waals surface area contributed by atoms with E-state index in [4.69, 9.17) is 0 Å². The SMILES string of the molecule is C/C=C\C(=C/C)P(c1ccccc1)c1ccccc1.CC.CC.CI. The largest absolute Gasteiger partial charge is 0.0901 e. The zero-order valence-corrected chi connectivity index (χ0v) is 19.9. The molecule has 0 N–H and O–H groups in total. The highest BCUT2D eigenvalue weighted by Gasteiger charge is 2.15. The summed E-state index contributed by atoms with van der Waals surface area (Å²) in [5, 5.41) is 4.19. The molecule has 2 aromatic carbocycles. The van der Waals surface area contributed by atoms with Crippen molar-refractivity contribution in [2.24, 2.45) is 0 Å². The summed E-state index contributed by atoms with van der Waals surface area (Å²) in [7, 11) is -0.446. The predicted molar refractivity (Wildman–Crippen MR) is 130 cm³/mol. The summed E-state index contributed by atoms with van der Waals surface area (Å²) >= 11 is 2.15. The molecule has 2 heteroatoms. The van der Waals surface area contributed by atoms with Gasteiger partial charge in [0.05, 0.1) is 0 Å². The quantitative estimate of drug-likeness (QED) is 0.187. The molecule has 0 bridgehead atoms. The van der Waals surface area contributed by atoms with Gasteiger partial charge in [-0.25, -0.2) is 0 Å². The molecule has 0 amide bonds. The summed E-state index contributed by atoms with van der Waals surface area (Å²) in [4.78, 5) is 1.97. The second kappa shape index (κ2) is 19.4. The van der Waals surface area contributed by atoms with Crippen LogP contribution in [0, 0.1) is 0 Å². The van der Waals surface area contributed by atoms with Gasteiger partial charge in [0.25, 0.3) is 0 Å². The summed E-state index contributed by atoms with van der Waals surface area (Å²) in [6.07, 6.45) is 6.58. The van der Waals surface area contributed by atoms with Crippen molar-refractivity contribution in [3.8, 4) is 0 Å². The summed E-state index contributed by atoms with van der Waals surface area (Å²) in [5.74, 6) is 0. The number of hydrogen-bond donors (Lipinski definition) is 0.